The fourth-order valence-electron chi connectivity index (χ4n) is 3.89. The molecule has 1 aliphatic rings. The Morgan fingerprint density at radius 1 is 1.32 bits per heavy atom. The first-order chi connectivity index (χ1) is 13.4. The molecule has 3 unspecified atom stereocenters. The van der Waals surface area contributed by atoms with Crippen molar-refractivity contribution in [3.05, 3.63) is 30.1 Å². The lowest BCUT2D eigenvalue weighted by molar-refractivity contribution is -0.152. The van der Waals surface area contributed by atoms with E-state index in [4.69, 9.17) is 4.74 Å². The first kappa shape index (κ1) is 20.8. The van der Waals surface area contributed by atoms with Crippen molar-refractivity contribution in [3.63, 3.8) is 0 Å². The van der Waals surface area contributed by atoms with Crippen LogP contribution in [0.3, 0.4) is 0 Å². The molecule has 1 heterocycles. The molecule has 0 amide bonds. The van der Waals surface area contributed by atoms with Gasteiger partial charge in [0.2, 0.25) is 0 Å². The lowest BCUT2D eigenvalue weighted by atomic mass is 9.75. The van der Waals surface area contributed by atoms with E-state index in [0.717, 1.165) is 12.8 Å². The Balaban J connectivity index is 1.61. The molecule has 0 spiro atoms. The zero-order valence-corrected chi connectivity index (χ0v) is 17.7. The van der Waals surface area contributed by atoms with Gasteiger partial charge in [0.1, 0.15) is 11.9 Å². The highest BCUT2D eigenvalue weighted by Crippen LogP contribution is 2.35. The van der Waals surface area contributed by atoms with Gasteiger partial charge >= 0.3 is 5.97 Å². The molecular formula is C21H28FN3O2S. The minimum absolute atomic E-state index is 0.00896. The summed E-state index contributed by atoms with van der Waals surface area (Å²) in [7, 11) is 1.77. The molecular weight excluding hydrogens is 377 g/mol. The third kappa shape index (κ3) is 4.74. The summed E-state index contributed by atoms with van der Waals surface area (Å²) in [4.78, 5) is 12.4. The first-order valence-electron chi connectivity index (χ1n) is 9.83. The summed E-state index contributed by atoms with van der Waals surface area (Å²) in [5.74, 6) is 1.54. The van der Waals surface area contributed by atoms with Crippen LogP contribution in [-0.4, -0.2) is 32.6 Å². The van der Waals surface area contributed by atoms with Crippen LogP contribution in [0.1, 0.15) is 40.0 Å². The van der Waals surface area contributed by atoms with Crippen LogP contribution < -0.4 is 0 Å². The highest BCUT2D eigenvalue weighted by atomic mass is 32.2. The van der Waals surface area contributed by atoms with Gasteiger partial charge in [0.25, 0.3) is 0 Å². The third-order valence-corrected chi connectivity index (χ3v) is 6.51. The number of aromatic nitrogens is 3. The molecule has 0 N–H and O–H groups in total. The van der Waals surface area contributed by atoms with Crippen LogP contribution in [0.15, 0.2) is 29.4 Å². The molecule has 3 atom stereocenters. The highest BCUT2D eigenvalue weighted by molar-refractivity contribution is 7.99. The van der Waals surface area contributed by atoms with E-state index in [1.807, 2.05) is 0 Å². The summed E-state index contributed by atoms with van der Waals surface area (Å²) >= 11 is 1.27. The minimum Gasteiger partial charge on any atom is -0.461 e. The van der Waals surface area contributed by atoms with Crippen molar-refractivity contribution in [2.75, 3.05) is 5.75 Å². The summed E-state index contributed by atoms with van der Waals surface area (Å²) in [6, 6.07) is 6.45. The van der Waals surface area contributed by atoms with Gasteiger partial charge in [-0.1, -0.05) is 51.1 Å². The molecule has 1 aromatic heterocycles. The Labute approximate surface area is 170 Å². The SMILES string of the molecule is CC1CCC(C(C)C)C(OC(=O)CSc2nnc(-c3ccccc3F)n2C)C1. The maximum atomic E-state index is 14.0. The molecule has 0 radical (unpaired) electrons. The quantitative estimate of drug-likeness (QED) is 0.514. The van der Waals surface area contributed by atoms with Gasteiger partial charge in [-0.3, -0.25) is 4.79 Å². The molecule has 3 rings (SSSR count). The van der Waals surface area contributed by atoms with Crippen LogP contribution in [0.25, 0.3) is 11.4 Å². The van der Waals surface area contributed by atoms with Gasteiger partial charge in [-0.05, 0) is 42.7 Å². The lowest BCUT2D eigenvalue weighted by Crippen LogP contribution is -2.36. The molecule has 0 bridgehead atoms. The molecule has 2 aromatic rings. The number of esters is 1. The zero-order chi connectivity index (χ0) is 20.3. The van der Waals surface area contributed by atoms with E-state index in [1.54, 1.807) is 29.8 Å². The smallest absolute Gasteiger partial charge is 0.316 e. The van der Waals surface area contributed by atoms with Crippen molar-refractivity contribution >= 4 is 17.7 Å². The molecule has 28 heavy (non-hydrogen) atoms. The molecule has 1 fully saturated rings. The van der Waals surface area contributed by atoms with Gasteiger partial charge in [0.05, 0.1) is 11.3 Å². The van der Waals surface area contributed by atoms with Crippen LogP contribution in [-0.2, 0) is 16.6 Å². The van der Waals surface area contributed by atoms with E-state index in [9.17, 15) is 9.18 Å². The Morgan fingerprint density at radius 3 is 2.79 bits per heavy atom. The Morgan fingerprint density at radius 2 is 2.07 bits per heavy atom. The number of hydrogen-bond acceptors (Lipinski definition) is 5. The van der Waals surface area contributed by atoms with Crippen molar-refractivity contribution in [3.8, 4) is 11.4 Å². The van der Waals surface area contributed by atoms with Gasteiger partial charge in [0, 0.05) is 7.05 Å². The predicted molar refractivity (Wildman–Crippen MR) is 108 cm³/mol. The maximum Gasteiger partial charge on any atom is 0.316 e. The maximum absolute atomic E-state index is 14.0. The van der Waals surface area contributed by atoms with Gasteiger partial charge < -0.3 is 9.30 Å². The van der Waals surface area contributed by atoms with Crippen molar-refractivity contribution in [2.24, 2.45) is 24.8 Å². The van der Waals surface area contributed by atoms with Gasteiger partial charge in [0.15, 0.2) is 11.0 Å². The minimum atomic E-state index is -0.347. The Kier molecular flexibility index (Phi) is 6.75. The molecule has 5 nitrogen and oxygen atoms in total. The fourth-order valence-corrected chi connectivity index (χ4v) is 4.59. The standard InChI is InChI=1S/C21H28FN3O2S/c1-13(2)15-10-9-14(3)11-18(15)27-19(26)12-28-21-24-23-20(25(21)4)16-7-5-6-8-17(16)22/h5-8,13-15,18H,9-12H2,1-4H3. The monoisotopic (exact) mass is 405 g/mol. The largest absolute Gasteiger partial charge is 0.461 e. The molecule has 152 valence electrons. The Hall–Kier alpha value is -1.89. The van der Waals surface area contributed by atoms with E-state index >= 15 is 0 Å². The van der Waals surface area contributed by atoms with E-state index in [0.29, 0.717) is 34.3 Å². The normalized spacial score (nSPS) is 22.4. The van der Waals surface area contributed by atoms with Crippen molar-refractivity contribution < 1.29 is 13.9 Å². The van der Waals surface area contributed by atoms with E-state index in [2.05, 4.69) is 31.0 Å². The third-order valence-electron chi connectivity index (χ3n) is 5.51. The summed E-state index contributed by atoms with van der Waals surface area (Å²) < 4.78 is 21.5. The number of nitrogens with zero attached hydrogens (tertiary/aromatic N) is 3. The van der Waals surface area contributed by atoms with E-state index in [-0.39, 0.29) is 23.6 Å². The molecule has 7 heteroatoms. The Bertz CT molecular complexity index is 824. The van der Waals surface area contributed by atoms with Crippen LogP contribution in [0.2, 0.25) is 0 Å². The average molecular weight is 406 g/mol. The van der Waals surface area contributed by atoms with Crippen LogP contribution >= 0.6 is 11.8 Å². The molecule has 1 aliphatic carbocycles. The van der Waals surface area contributed by atoms with Gasteiger partial charge in [-0.15, -0.1) is 10.2 Å². The number of halogens is 1. The molecule has 0 aliphatic heterocycles. The number of benzene rings is 1. The zero-order valence-electron chi connectivity index (χ0n) is 16.9. The second-order valence-corrected chi connectivity index (χ2v) is 8.93. The topological polar surface area (TPSA) is 57.0 Å². The van der Waals surface area contributed by atoms with Crippen molar-refractivity contribution in [1.82, 2.24) is 14.8 Å². The van der Waals surface area contributed by atoms with E-state index in [1.165, 1.54) is 24.2 Å². The van der Waals surface area contributed by atoms with Crippen molar-refractivity contribution in [1.29, 1.82) is 0 Å². The lowest BCUT2D eigenvalue weighted by Gasteiger charge is -2.36. The van der Waals surface area contributed by atoms with E-state index < -0.39 is 0 Å². The summed E-state index contributed by atoms with van der Waals surface area (Å²) in [5, 5.41) is 8.76. The second-order valence-electron chi connectivity index (χ2n) is 7.99. The highest BCUT2D eigenvalue weighted by Gasteiger charge is 2.33. The number of ether oxygens (including phenoxy) is 1. The summed E-state index contributed by atoms with van der Waals surface area (Å²) in [6.07, 6.45) is 3.23. The molecule has 0 saturated heterocycles. The van der Waals surface area contributed by atoms with Crippen LogP contribution in [0.5, 0.6) is 0 Å². The second kappa shape index (κ2) is 9.07. The molecule has 1 aromatic carbocycles. The predicted octanol–water partition coefficient (Wildman–Crippen LogP) is 4.72. The van der Waals surface area contributed by atoms with Gasteiger partial charge in [-0.2, -0.15) is 0 Å². The average Bonchev–Trinajstić information content (AvgIpc) is 3.00. The number of thioether (sulfide) groups is 1. The van der Waals surface area contributed by atoms with Crippen LogP contribution in [0, 0.1) is 23.6 Å². The fraction of sp³-hybridized carbons (Fsp3) is 0.571. The molecule has 1 saturated carbocycles. The number of carbonyl (C=O) groups excluding carboxylic acids is 1. The summed E-state index contributed by atoms with van der Waals surface area (Å²) in [6.45, 7) is 6.61. The van der Waals surface area contributed by atoms with Crippen LogP contribution in [0.4, 0.5) is 4.39 Å². The number of hydrogen-bond donors (Lipinski definition) is 0. The summed E-state index contributed by atoms with van der Waals surface area (Å²) in [5.41, 5.74) is 0.392. The number of rotatable bonds is 6. The number of carbonyl (C=O) groups is 1. The first-order valence-corrected chi connectivity index (χ1v) is 10.8. The van der Waals surface area contributed by atoms with Gasteiger partial charge in [-0.25, -0.2) is 4.39 Å². The van der Waals surface area contributed by atoms with Crippen molar-refractivity contribution in [2.45, 2.75) is 51.3 Å².